The lowest BCUT2D eigenvalue weighted by atomic mass is 10.1. The Labute approximate surface area is 151 Å². The number of amides is 1. The van der Waals surface area contributed by atoms with Gasteiger partial charge in [-0.3, -0.25) is 9.59 Å². The van der Waals surface area contributed by atoms with Gasteiger partial charge in [0.05, 0.1) is 18.6 Å². The van der Waals surface area contributed by atoms with Gasteiger partial charge in [-0.15, -0.1) is 0 Å². The lowest BCUT2D eigenvalue weighted by Crippen LogP contribution is -2.35. The molecule has 6 heteroatoms. The molecule has 0 heterocycles. The highest BCUT2D eigenvalue weighted by molar-refractivity contribution is 5.94. The van der Waals surface area contributed by atoms with E-state index in [2.05, 4.69) is 0 Å². The zero-order valence-corrected chi connectivity index (χ0v) is 14.6. The number of carbonyl (C=O) groups is 2. The van der Waals surface area contributed by atoms with Gasteiger partial charge in [-0.2, -0.15) is 0 Å². The normalized spacial score (nSPS) is 10.4. The molecule has 0 spiro atoms. The van der Waals surface area contributed by atoms with Crippen molar-refractivity contribution in [3.63, 3.8) is 0 Å². The lowest BCUT2D eigenvalue weighted by Gasteiger charge is -2.23. The molecule has 2 aromatic rings. The molecule has 0 aromatic heterocycles. The molecule has 2 aromatic carbocycles. The Kier molecular flexibility index (Phi) is 7.26. The summed E-state index contributed by atoms with van der Waals surface area (Å²) in [7, 11) is 0. The van der Waals surface area contributed by atoms with Gasteiger partial charge in [0.25, 0.3) is 5.91 Å². The highest BCUT2D eigenvalue weighted by Gasteiger charge is 2.20. The van der Waals surface area contributed by atoms with Gasteiger partial charge in [0.1, 0.15) is 11.6 Å². The molecular weight excluding hydrogens is 340 g/mol. The van der Waals surface area contributed by atoms with Crippen LogP contribution in [0, 0.1) is 11.6 Å². The topological polar surface area (TPSA) is 46.6 Å². The number of halogens is 2. The van der Waals surface area contributed by atoms with Gasteiger partial charge < -0.3 is 9.64 Å². The summed E-state index contributed by atoms with van der Waals surface area (Å²) in [5.74, 6) is -1.86. The molecule has 0 saturated heterocycles. The largest absolute Gasteiger partial charge is 0.466 e. The summed E-state index contributed by atoms with van der Waals surface area (Å²) in [6.45, 7) is 2.36. The number of hydrogen-bond acceptors (Lipinski definition) is 3. The van der Waals surface area contributed by atoms with Crippen molar-refractivity contribution in [2.24, 2.45) is 0 Å². The van der Waals surface area contributed by atoms with E-state index in [9.17, 15) is 18.4 Å². The Morgan fingerprint density at radius 2 is 1.69 bits per heavy atom. The van der Waals surface area contributed by atoms with Crippen LogP contribution in [0.2, 0.25) is 0 Å². The average Bonchev–Trinajstić information content (AvgIpc) is 2.63. The fourth-order valence-electron chi connectivity index (χ4n) is 2.49. The summed E-state index contributed by atoms with van der Waals surface area (Å²) in [6, 6.07) is 11.7. The van der Waals surface area contributed by atoms with E-state index >= 15 is 0 Å². The Morgan fingerprint density at radius 1 is 1.00 bits per heavy atom. The molecule has 0 aliphatic heterocycles. The van der Waals surface area contributed by atoms with E-state index in [0.717, 1.165) is 5.56 Å². The van der Waals surface area contributed by atoms with Crippen LogP contribution in [0.1, 0.15) is 29.3 Å². The zero-order chi connectivity index (χ0) is 18.9. The van der Waals surface area contributed by atoms with Gasteiger partial charge in [0.15, 0.2) is 0 Å². The van der Waals surface area contributed by atoms with E-state index in [1.165, 1.54) is 35.2 Å². The van der Waals surface area contributed by atoms with E-state index in [-0.39, 0.29) is 37.5 Å². The zero-order valence-electron chi connectivity index (χ0n) is 14.6. The minimum atomic E-state index is -0.611. The number of carbonyl (C=O) groups excluding carboxylic acids is 2. The molecule has 1 amide bonds. The van der Waals surface area contributed by atoms with Gasteiger partial charge in [0, 0.05) is 13.1 Å². The Balaban J connectivity index is 2.09. The van der Waals surface area contributed by atoms with E-state index in [0.29, 0.717) is 6.42 Å². The molecule has 138 valence electrons. The second kappa shape index (κ2) is 9.65. The molecule has 0 aliphatic rings. The van der Waals surface area contributed by atoms with Crippen molar-refractivity contribution in [2.75, 3.05) is 19.7 Å². The van der Waals surface area contributed by atoms with Crippen molar-refractivity contribution in [2.45, 2.75) is 19.8 Å². The highest BCUT2D eigenvalue weighted by Crippen LogP contribution is 2.12. The maximum absolute atomic E-state index is 13.9. The molecule has 0 aliphatic carbocycles. The van der Waals surface area contributed by atoms with Crippen molar-refractivity contribution in [3.05, 3.63) is 71.3 Å². The van der Waals surface area contributed by atoms with Crippen LogP contribution in [0.5, 0.6) is 0 Å². The van der Waals surface area contributed by atoms with Crippen molar-refractivity contribution in [3.8, 4) is 0 Å². The maximum Gasteiger partial charge on any atom is 0.307 e. The summed E-state index contributed by atoms with van der Waals surface area (Å²) in [6.07, 6.45) is 0.487. The summed E-state index contributed by atoms with van der Waals surface area (Å²) in [4.78, 5) is 25.7. The second-order valence-corrected chi connectivity index (χ2v) is 5.70. The Morgan fingerprint density at radius 3 is 2.35 bits per heavy atom. The van der Waals surface area contributed by atoms with Crippen LogP contribution < -0.4 is 0 Å². The van der Waals surface area contributed by atoms with Gasteiger partial charge >= 0.3 is 5.97 Å². The molecule has 26 heavy (non-hydrogen) atoms. The molecule has 0 saturated carbocycles. The third-order valence-electron chi connectivity index (χ3n) is 3.87. The first-order valence-electron chi connectivity index (χ1n) is 8.45. The third kappa shape index (κ3) is 5.65. The number of ether oxygens (including phenoxy) is 1. The van der Waals surface area contributed by atoms with Crippen LogP contribution in [0.25, 0.3) is 0 Å². The first-order chi connectivity index (χ1) is 12.5. The monoisotopic (exact) mass is 361 g/mol. The summed E-state index contributed by atoms with van der Waals surface area (Å²) in [5.41, 5.74) is 0.796. The van der Waals surface area contributed by atoms with E-state index in [1.54, 1.807) is 25.1 Å². The minimum Gasteiger partial charge on any atom is -0.466 e. The predicted molar refractivity (Wildman–Crippen MR) is 93.7 cm³/mol. The van der Waals surface area contributed by atoms with Gasteiger partial charge in [-0.05, 0) is 43.2 Å². The molecule has 2 rings (SSSR count). The standard InChI is InChI=1S/C20H21F2NO3/c1-2-26-19(24)12-14-23(13-11-15-7-9-16(21)10-8-15)20(25)17-5-3-4-6-18(17)22/h3-10H,2,11-14H2,1H3. The predicted octanol–water partition coefficient (Wildman–Crippen LogP) is 3.60. The summed E-state index contributed by atoms with van der Waals surface area (Å²) >= 11 is 0. The van der Waals surface area contributed by atoms with Crippen molar-refractivity contribution < 1.29 is 23.1 Å². The van der Waals surface area contributed by atoms with E-state index in [4.69, 9.17) is 4.74 Å². The molecule has 4 nitrogen and oxygen atoms in total. The van der Waals surface area contributed by atoms with E-state index < -0.39 is 17.7 Å². The molecule has 0 N–H and O–H groups in total. The highest BCUT2D eigenvalue weighted by atomic mass is 19.1. The Hall–Kier alpha value is -2.76. The van der Waals surface area contributed by atoms with Crippen LogP contribution in [-0.2, 0) is 16.0 Å². The first-order valence-corrected chi connectivity index (χ1v) is 8.45. The molecular formula is C20H21F2NO3. The first kappa shape index (κ1) is 19.6. The van der Waals surface area contributed by atoms with E-state index in [1.807, 2.05) is 0 Å². The van der Waals surface area contributed by atoms with Crippen LogP contribution >= 0.6 is 0 Å². The number of esters is 1. The fourth-order valence-corrected chi connectivity index (χ4v) is 2.49. The Bertz CT molecular complexity index is 747. The minimum absolute atomic E-state index is 0.0252. The van der Waals surface area contributed by atoms with Crippen molar-refractivity contribution in [1.82, 2.24) is 4.90 Å². The summed E-state index contributed by atoms with van der Waals surface area (Å²) in [5, 5.41) is 0. The molecule has 0 bridgehead atoms. The van der Waals surface area contributed by atoms with Crippen molar-refractivity contribution in [1.29, 1.82) is 0 Å². The van der Waals surface area contributed by atoms with Crippen LogP contribution in [0.15, 0.2) is 48.5 Å². The van der Waals surface area contributed by atoms with Crippen LogP contribution in [0.4, 0.5) is 8.78 Å². The van der Waals surface area contributed by atoms with Gasteiger partial charge in [-0.1, -0.05) is 24.3 Å². The molecule has 0 radical (unpaired) electrons. The third-order valence-corrected chi connectivity index (χ3v) is 3.87. The maximum atomic E-state index is 13.9. The summed E-state index contributed by atoms with van der Waals surface area (Å²) < 4.78 is 31.8. The molecule has 0 unspecified atom stereocenters. The van der Waals surface area contributed by atoms with Crippen LogP contribution in [-0.4, -0.2) is 36.5 Å². The fraction of sp³-hybridized carbons (Fsp3) is 0.300. The number of benzene rings is 2. The lowest BCUT2D eigenvalue weighted by molar-refractivity contribution is -0.143. The van der Waals surface area contributed by atoms with Gasteiger partial charge in [0.2, 0.25) is 0 Å². The quantitative estimate of drug-likeness (QED) is 0.675. The molecule has 0 atom stereocenters. The van der Waals surface area contributed by atoms with Crippen molar-refractivity contribution >= 4 is 11.9 Å². The number of hydrogen-bond donors (Lipinski definition) is 0. The second-order valence-electron chi connectivity index (χ2n) is 5.70. The molecule has 0 fully saturated rings. The smallest absolute Gasteiger partial charge is 0.307 e. The van der Waals surface area contributed by atoms with Crippen LogP contribution in [0.3, 0.4) is 0 Å². The number of nitrogens with zero attached hydrogens (tertiary/aromatic N) is 1. The SMILES string of the molecule is CCOC(=O)CCN(CCc1ccc(F)cc1)C(=O)c1ccccc1F. The number of rotatable bonds is 8. The van der Waals surface area contributed by atoms with Gasteiger partial charge in [-0.25, -0.2) is 8.78 Å². The average molecular weight is 361 g/mol.